The van der Waals surface area contributed by atoms with Gasteiger partial charge in [0.1, 0.15) is 5.82 Å². The maximum Gasteiger partial charge on any atom is 0.212 e. The lowest BCUT2D eigenvalue weighted by molar-refractivity contribution is 0.0973. The van der Waals surface area contributed by atoms with Gasteiger partial charge in [0.05, 0.1) is 18.1 Å². The van der Waals surface area contributed by atoms with E-state index in [1.807, 2.05) is 36.4 Å². The molecule has 0 amide bonds. The van der Waals surface area contributed by atoms with Gasteiger partial charge >= 0.3 is 0 Å². The Morgan fingerprint density at radius 1 is 1.00 bits per heavy atom. The van der Waals surface area contributed by atoms with E-state index in [9.17, 15) is 4.79 Å². The molecule has 2 aromatic heterocycles. The van der Waals surface area contributed by atoms with Crippen LogP contribution in [0.4, 0.5) is 0 Å². The molecule has 1 aliphatic heterocycles. The van der Waals surface area contributed by atoms with Crippen molar-refractivity contribution < 1.29 is 9.53 Å². The van der Waals surface area contributed by atoms with Crippen LogP contribution < -0.4 is 4.74 Å². The smallest absolute Gasteiger partial charge is 0.212 e. The number of carbonyl (C=O) groups excluding carboxylic acids is 1. The topological polar surface area (TPSA) is 57.0 Å². The van der Waals surface area contributed by atoms with E-state index in [1.165, 1.54) is 0 Å². The van der Waals surface area contributed by atoms with Crippen molar-refractivity contribution in [3.05, 3.63) is 66.4 Å². The standard InChI is InChI=1S/C22H17N3O2/c1-27-20-9-8-16(13-23-20)14-4-2-5-15(12-14)22-24-18-7-3-6-17-19(26)10-11-25(22)21(17)18/h2-9,12-13H,10-11H2,1H3. The van der Waals surface area contributed by atoms with Gasteiger partial charge in [-0.2, -0.15) is 0 Å². The average Bonchev–Trinajstić information content (AvgIpc) is 3.11. The van der Waals surface area contributed by atoms with Gasteiger partial charge in [0.2, 0.25) is 5.88 Å². The van der Waals surface area contributed by atoms with E-state index in [-0.39, 0.29) is 5.78 Å². The average molecular weight is 355 g/mol. The monoisotopic (exact) mass is 355 g/mol. The molecule has 0 atom stereocenters. The summed E-state index contributed by atoms with van der Waals surface area (Å²) in [6.07, 6.45) is 2.32. The van der Waals surface area contributed by atoms with Crippen molar-refractivity contribution in [2.45, 2.75) is 13.0 Å². The number of pyridine rings is 1. The van der Waals surface area contributed by atoms with Crippen LogP contribution in [-0.4, -0.2) is 27.4 Å². The lowest BCUT2D eigenvalue weighted by Gasteiger charge is -2.16. The Hall–Kier alpha value is -3.47. The molecule has 0 N–H and O–H groups in total. The maximum atomic E-state index is 12.3. The van der Waals surface area contributed by atoms with Crippen LogP contribution in [0.1, 0.15) is 16.8 Å². The highest BCUT2D eigenvalue weighted by Gasteiger charge is 2.23. The first-order valence-corrected chi connectivity index (χ1v) is 8.88. The highest BCUT2D eigenvalue weighted by Crippen LogP contribution is 2.33. The second-order valence-corrected chi connectivity index (χ2v) is 6.60. The molecule has 0 aliphatic carbocycles. The lowest BCUT2D eigenvalue weighted by atomic mass is 10.0. The minimum atomic E-state index is 0.192. The number of ketones is 1. The molecule has 0 saturated carbocycles. The van der Waals surface area contributed by atoms with Crippen molar-refractivity contribution in [3.8, 4) is 28.4 Å². The Labute approximate surface area is 156 Å². The highest BCUT2D eigenvalue weighted by molar-refractivity contribution is 6.08. The third-order valence-corrected chi connectivity index (χ3v) is 5.03. The molecule has 1 aliphatic rings. The fraction of sp³-hybridized carbons (Fsp3) is 0.136. The van der Waals surface area contributed by atoms with E-state index in [2.05, 4.69) is 27.8 Å². The number of carbonyl (C=O) groups is 1. The van der Waals surface area contributed by atoms with Crippen molar-refractivity contribution in [3.63, 3.8) is 0 Å². The number of benzene rings is 2. The highest BCUT2D eigenvalue weighted by atomic mass is 16.5. The van der Waals surface area contributed by atoms with Gasteiger partial charge in [0.25, 0.3) is 0 Å². The molecule has 132 valence electrons. The molecule has 0 bridgehead atoms. The number of rotatable bonds is 3. The van der Waals surface area contributed by atoms with E-state index in [4.69, 9.17) is 9.72 Å². The summed E-state index contributed by atoms with van der Waals surface area (Å²) in [6, 6.07) is 17.9. The minimum Gasteiger partial charge on any atom is -0.481 e. The number of hydrogen-bond donors (Lipinski definition) is 0. The quantitative estimate of drug-likeness (QED) is 0.548. The molecule has 0 saturated heterocycles. The number of para-hydroxylation sites is 1. The second kappa shape index (κ2) is 6.06. The molecular weight excluding hydrogens is 338 g/mol. The predicted octanol–water partition coefficient (Wildman–Crippen LogP) is 4.36. The van der Waals surface area contributed by atoms with Gasteiger partial charge in [-0.3, -0.25) is 4.79 Å². The molecule has 0 spiro atoms. The Bertz CT molecular complexity index is 1180. The third-order valence-electron chi connectivity index (χ3n) is 5.03. The van der Waals surface area contributed by atoms with Crippen LogP contribution in [-0.2, 0) is 6.54 Å². The van der Waals surface area contributed by atoms with Gasteiger partial charge in [-0.25, -0.2) is 9.97 Å². The van der Waals surface area contributed by atoms with Crippen LogP contribution in [0, 0.1) is 0 Å². The minimum absolute atomic E-state index is 0.192. The van der Waals surface area contributed by atoms with Gasteiger partial charge in [-0.05, 0) is 29.8 Å². The van der Waals surface area contributed by atoms with E-state index >= 15 is 0 Å². The fourth-order valence-electron chi connectivity index (χ4n) is 3.71. The third kappa shape index (κ3) is 2.51. The fourth-order valence-corrected chi connectivity index (χ4v) is 3.71. The van der Waals surface area contributed by atoms with E-state index in [0.717, 1.165) is 39.1 Å². The van der Waals surface area contributed by atoms with E-state index in [1.54, 1.807) is 13.3 Å². The zero-order valence-electron chi connectivity index (χ0n) is 14.8. The molecule has 0 radical (unpaired) electrons. The Morgan fingerprint density at radius 3 is 2.67 bits per heavy atom. The number of hydrogen-bond acceptors (Lipinski definition) is 4. The summed E-state index contributed by atoms with van der Waals surface area (Å²) in [5.41, 5.74) is 5.69. The number of methoxy groups -OCH3 is 1. The molecule has 5 heteroatoms. The summed E-state index contributed by atoms with van der Waals surface area (Å²) in [6.45, 7) is 0.663. The van der Waals surface area contributed by atoms with Crippen LogP contribution >= 0.6 is 0 Å². The van der Waals surface area contributed by atoms with Gasteiger partial charge < -0.3 is 9.30 Å². The first-order chi connectivity index (χ1) is 13.2. The van der Waals surface area contributed by atoms with Crippen LogP contribution in [0.2, 0.25) is 0 Å². The summed E-state index contributed by atoms with van der Waals surface area (Å²) in [5, 5.41) is 0. The largest absolute Gasteiger partial charge is 0.481 e. The first-order valence-electron chi connectivity index (χ1n) is 8.88. The maximum absolute atomic E-state index is 12.3. The van der Waals surface area contributed by atoms with E-state index in [0.29, 0.717) is 18.8 Å². The molecule has 5 rings (SSSR count). The van der Waals surface area contributed by atoms with E-state index < -0.39 is 0 Å². The predicted molar refractivity (Wildman–Crippen MR) is 104 cm³/mol. The van der Waals surface area contributed by atoms with Crippen LogP contribution in [0.15, 0.2) is 60.8 Å². The van der Waals surface area contributed by atoms with Gasteiger partial charge in [-0.15, -0.1) is 0 Å². The molecular formula is C22H17N3O2. The molecule has 0 fully saturated rings. The molecule has 0 unspecified atom stereocenters. The summed E-state index contributed by atoms with van der Waals surface area (Å²) in [7, 11) is 1.61. The number of imidazole rings is 1. The SMILES string of the molecule is COc1ccc(-c2cccc(-c3nc4cccc5c4n3CCC5=O)c2)cn1. The van der Waals surface area contributed by atoms with Crippen LogP contribution in [0.3, 0.4) is 0 Å². The van der Waals surface area contributed by atoms with Crippen molar-refractivity contribution in [2.24, 2.45) is 0 Å². The van der Waals surface area contributed by atoms with Crippen LogP contribution in [0.25, 0.3) is 33.5 Å². The summed E-state index contributed by atoms with van der Waals surface area (Å²) in [4.78, 5) is 21.4. The first kappa shape index (κ1) is 15.8. The second-order valence-electron chi connectivity index (χ2n) is 6.60. The summed E-state index contributed by atoms with van der Waals surface area (Å²) < 4.78 is 7.30. The summed E-state index contributed by atoms with van der Waals surface area (Å²) >= 11 is 0. The van der Waals surface area contributed by atoms with Gasteiger partial charge in [-0.1, -0.05) is 24.3 Å². The van der Waals surface area contributed by atoms with Crippen molar-refractivity contribution >= 4 is 16.8 Å². The zero-order valence-corrected chi connectivity index (χ0v) is 14.8. The number of aryl methyl sites for hydroxylation is 1. The molecule has 5 nitrogen and oxygen atoms in total. The number of ether oxygens (including phenoxy) is 1. The molecule has 27 heavy (non-hydrogen) atoms. The van der Waals surface area contributed by atoms with Gasteiger partial charge in [0, 0.05) is 41.9 Å². The lowest BCUT2D eigenvalue weighted by Crippen LogP contribution is -2.14. The van der Waals surface area contributed by atoms with Crippen molar-refractivity contribution in [1.82, 2.24) is 14.5 Å². The van der Waals surface area contributed by atoms with Crippen molar-refractivity contribution in [1.29, 1.82) is 0 Å². The molecule has 4 aromatic rings. The number of aromatic nitrogens is 3. The number of nitrogens with zero attached hydrogens (tertiary/aromatic N) is 3. The normalized spacial score (nSPS) is 13.1. The molecule has 3 heterocycles. The Balaban J connectivity index is 1.65. The van der Waals surface area contributed by atoms with Crippen LogP contribution in [0.5, 0.6) is 5.88 Å². The molecule has 2 aromatic carbocycles. The number of Topliss-reactive ketones (excluding diaryl/α,β-unsaturated/α-hetero) is 1. The zero-order chi connectivity index (χ0) is 18.4. The Morgan fingerprint density at radius 2 is 1.85 bits per heavy atom. The summed E-state index contributed by atoms with van der Waals surface area (Å²) in [5.74, 6) is 1.68. The van der Waals surface area contributed by atoms with Gasteiger partial charge in [0.15, 0.2) is 5.78 Å². The van der Waals surface area contributed by atoms with Crippen molar-refractivity contribution in [2.75, 3.05) is 7.11 Å². The Kier molecular flexibility index (Phi) is 3.53.